The highest BCUT2D eigenvalue weighted by Gasteiger charge is 2.70. The molecule has 3 N–H and O–H groups in total. The second kappa shape index (κ2) is 6.80. The number of carbonyl (C=O) groups excluding carboxylic acids is 1. The minimum Gasteiger partial charge on any atom is -0.383 e. The molecule has 0 bridgehead atoms. The summed E-state index contributed by atoms with van der Waals surface area (Å²) in [6.45, 7) is 3.65. The quantitative estimate of drug-likeness (QED) is 0.607. The number of halogens is 2. The molecule has 0 spiro atoms. The van der Waals surface area contributed by atoms with Gasteiger partial charge >= 0.3 is 0 Å². The number of nitrogens with two attached hydrogens (primary N) is 1. The molecule has 2 fully saturated rings. The zero-order chi connectivity index (χ0) is 21.9. The first-order valence-electron chi connectivity index (χ1n) is 10.1. The Hall–Kier alpha value is -3.42. The maximum atomic E-state index is 13.4. The van der Waals surface area contributed by atoms with Gasteiger partial charge in [-0.15, -0.1) is 0 Å². The molecule has 3 aromatic heterocycles. The first-order chi connectivity index (χ1) is 14.8. The molecule has 158 valence electrons. The number of anilines is 2. The molecule has 3 aromatic rings. The molecular formula is C23H21F2N5O. The van der Waals surface area contributed by atoms with Crippen molar-refractivity contribution in [3.05, 3.63) is 53.5 Å². The fourth-order valence-corrected chi connectivity index (χ4v) is 4.42. The number of rotatable bonds is 3. The van der Waals surface area contributed by atoms with Crippen molar-refractivity contribution in [1.82, 2.24) is 15.0 Å². The Morgan fingerprint density at radius 2 is 1.97 bits per heavy atom. The van der Waals surface area contributed by atoms with Gasteiger partial charge in [-0.3, -0.25) is 9.78 Å². The molecule has 0 aromatic carbocycles. The average Bonchev–Trinajstić information content (AvgIpc) is 3.07. The number of hydrogen-bond donors (Lipinski definition) is 2. The molecule has 5 rings (SSSR count). The number of nitrogen functional groups attached to an aromatic ring is 1. The van der Waals surface area contributed by atoms with Gasteiger partial charge in [0.2, 0.25) is 0 Å². The van der Waals surface area contributed by atoms with Crippen molar-refractivity contribution in [2.75, 3.05) is 11.1 Å². The van der Waals surface area contributed by atoms with Gasteiger partial charge in [-0.25, -0.2) is 18.7 Å². The first kappa shape index (κ1) is 19.5. The molecule has 2 aliphatic rings. The van der Waals surface area contributed by atoms with Crippen molar-refractivity contribution >= 4 is 28.3 Å². The van der Waals surface area contributed by atoms with Crippen molar-refractivity contribution < 1.29 is 13.6 Å². The number of allylic oxidation sites excluding steroid dienone is 1. The van der Waals surface area contributed by atoms with Gasteiger partial charge in [-0.05, 0) is 55.8 Å². The van der Waals surface area contributed by atoms with E-state index in [4.69, 9.17) is 5.73 Å². The predicted molar refractivity (Wildman–Crippen MR) is 114 cm³/mol. The van der Waals surface area contributed by atoms with E-state index in [2.05, 4.69) is 20.3 Å². The van der Waals surface area contributed by atoms with Crippen molar-refractivity contribution in [3.8, 4) is 11.3 Å². The lowest BCUT2D eigenvalue weighted by Crippen LogP contribution is -2.16. The van der Waals surface area contributed by atoms with Crippen LogP contribution in [0.3, 0.4) is 0 Å². The third-order valence-electron chi connectivity index (χ3n) is 6.47. The maximum absolute atomic E-state index is 13.4. The van der Waals surface area contributed by atoms with Crippen LogP contribution in [0, 0.1) is 18.8 Å². The molecule has 0 saturated heterocycles. The smallest absolute Gasteiger partial charge is 0.255 e. The molecule has 2 saturated carbocycles. The largest absolute Gasteiger partial charge is 0.383 e. The SMILES string of the molecule is CC(C(=O)Nc1cc2cc(-c3cnccc3C)nc(N)c2cn1)=C1CC2C(C1)C2(F)F. The molecule has 1 amide bonds. The number of alkyl halides is 2. The normalized spacial score (nSPS) is 21.1. The number of nitrogens with one attached hydrogen (secondary N) is 1. The molecule has 2 unspecified atom stereocenters. The molecule has 8 heteroatoms. The summed E-state index contributed by atoms with van der Waals surface area (Å²) in [6.07, 6.45) is 5.60. The highest BCUT2D eigenvalue weighted by atomic mass is 19.3. The summed E-state index contributed by atoms with van der Waals surface area (Å²) in [5.41, 5.74) is 10.0. The fourth-order valence-electron chi connectivity index (χ4n) is 4.42. The van der Waals surface area contributed by atoms with Crippen LogP contribution in [0.15, 0.2) is 47.9 Å². The van der Waals surface area contributed by atoms with E-state index in [1.165, 1.54) is 0 Å². The highest BCUT2D eigenvalue weighted by molar-refractivity contribution is 6.04. The summed E-state index contributed by atoms with van der Waals surface area (Å²) in [5, 5.41) is 4.24. The lowest BCUT2D eigenvalue weighted by Gasteiger charge is -2.12. The summed E-state index contributed by atoms with van der Waals surface area (Å²) in [6, 6.07) is 5.51. The van der Waals surface area contributed by atoms with Crippen molar-refractivity contribution in [1.29, 1.82) is 0 Å². The molecule has 3 heterocycles. The van der Waals surface area contributed by atoms with E-state index in [0.29, 0.717) is 28.3 Å². The summed E-state index contributed by atoms with van der Waals surface area (Å²) < 4.78 is 26.9. The summed E-state index contributed by atoms with van der Waals surface area (Å²) in [4.78, 5) is 25.6. The third kappa shape index (κ3) is 3.22. The number of hydrogen-bond acceptors (Lipinski definition) is 5. The number of pyridine rings is 3. The van der Waals surface area contributed by atoms with Gasteiger partial charge in [-0.1, -0.05) is 5.57 Å². The fraction of sp³-hybridized carbons (Fsp3) is 0.304. The van der Waals surface area contributed by atoms with Gasteiger partial charge in [0.1, 0.15) is 11.6 Å². The van der Waals surface area contributed by atoms with E-state index in [0.717, 1.165) is 22.1 Å². The zero-order valence-corrected chi connectivity index (χ0v) is 17.1. The second-order valence-corrected chi connectivity index (χ2v) is 8.35. The number of carbonyl (C=O) groups is 1. The van der Waals surface area contributed by atoms with Crippen LogP contribution in [0.2, 0.25) is 0 Å². The lowest BCUT2D eigenvalue weighted by molar-refractivity contribution is -0.112. The van der Waals surface area contributed by atoms with Crippen LogP contribution in [0.1, 0.15) is 25.3 Å². The molecule has 2 atom stereocenters. The van der Waals surface area contributed by atoms with E-state index in [-0.39, 0.29) is 18.7 Å². The minimum absolute atomic E-state index is 0.290. The van der Waals surface area contributed by atoms with Crippen LogP contribution in [0.4, 0.5) is 20.4 Å². The number of aryl methyl sites for hydroxylation is 1. The molecule has 6 nitrogen and oxygen atoms in total. The first-order valence-corrected chi connectivity index (χ1v) is 10.1. The lowest BCUT2D eigenvalue weighted by atomic mass is 10.0. The highest BCUT2D eigenvalue weighted by Crippen LogP contribution is 2.65. The molecular weight excluding hydrogens is 400 g/mol. The monoisotopic (exact) mass is 421 g/mol. The van der Waals surface area contributed by atoms with E-state index >= 15 is 0 Å². The Kier molecular flexibility index (Phi) is 4.28. The van der Waals surface area contributed by atoms with E-state index in [9.17, 15) is 13.6 Å². The Bertz CT molecular complexity index is 1250. The van der Waals surface area contributed by atoms with Crippen LogP contribution in [-0.2, 0) is 4.79 Å². The molecule has 31 heavy (non-hydrogen) atoms. The van der Waals surface area contributed by atoms with Gasteiger partial charge in [-0.2, -0.15) is 0 Å². The van der Waals surface area contributed by atoms with Gasteiger partial charge in [0, 0.05) is 46.9 Å². The number of nitrogens with zero attached hydrogens (tertiary/aromatic N) is 3. The summed E-state index contributed by atoms with van der Waals surface area (Å²) in [5.74, 6) is -3.38. The van der Waals surface area contributed by atoms with Crippen LogP contribution >= 0.6 is 0 Å². The van der Waals surface area contributed by atoms with Gasteiger partial charge in [0.05, 0.1) is 5.69 Å². The van der Waals surface area contributed by atoms with Crippen LogP contribution in [-0.4, -0.2) is 26.8 Å². The summed E-state index contributed by atoms with van der Waals surface area (Å²) >= 11 is 0. The van der Waals surface area contributed by atoms with Crippen molar-refractivity contribution in [3.63, 3.8) is 0 Å². The summed E-state index contributed by atoms with van der Waals surface area (Å²) in [7, 11) is 0. The second-order valence-electron chi connectivity index (χ2n) is 8.35. The minimum atomic E-state index is -2.56. The van der Waals surface area contributed by atoms with Crippen LogP contribution in [0.5, 0.6) is 0 Å². The van der Waals surface area contributed by atoms with Gasteiger partial charge < -0.3 is 11.1 Å². The Labute approximate surface area is 177 Å². The van der Waals surface area contributed by atoms with Gasteiger partial charge in [0.15, 0.2) is 0 Å². The zero-order valence-electron chi connectivity index (χ0n) is 17.1. The van der Waals surface area contributed by atoms with Gasteiger partial charge in [0.25, 0.3) is 11.8 Å². The van der Waals surface area contributed by atoms with E-state index in [1.54, 1.807) is 31.6 Å². The molecule has 0 radical (unpaired) electrons. The average molecular weight is 421 g/mol. The number of aromatic nitrogens is 3. The Morgan fingerprint density at radius 1 is 1.23 bits per heavy atom. The Balaban J connectivity index is 1.42. The molecule has 2 aliphatic carbocycles. The Morgan fingerprint density at radius 3 is 2.68 bits per heavy atom. The number of amides is 1. The van der Waals surface area contributed by atoms with Crippen molar-refractivity contribution in [2.24, 2.45) is 11.8 Å². The number of fused-ring (bicyclic) bond motifs is 2. The predicted octanol–water partition coefficient (Wildman–Crippen LogP) is 4.51. The van der Waals surface area contributed by atoms with Crippen LogP contribution < -0.4 is 11.1 Å². The van der Waals surface area contributed by atoms with Crippen LogP contribution in [0.25, 0.3) is 22.0 Å². The third-order valence-corrected chi connectivity index (χ3v) is 6.47. The van der Waals surface area contributed by atoms with Crippen molar-refractivity contribution in [2.45, 2.75) is 32.6 Å². The van der Waals surface area contributed by atoms with E-state index < -0.39 is 17.8 Å². The topological polar surface area (TPSA) is 93.8 Å². The van der Waals surface area contributed by atoms with E-state index in [1.807, 2.05) is 19.1 Å². The molecule has 0 aliphatic heterocycles. The maximum Gasteiger partial charge on any atom is 0.255 e. The standard InChI is InChI=1S/C23H21F2N5O/c1-11-3-4-27-9-15(11)19-7-14-8-20(28-10-16(14)21(26)29-19)30-22(31)12(2)13-5-17-18(6-13)23(17,24)25/h3-4,7-10,17-18H,5-6H2,1-2H3,(H2,26,29)(H,28,30,31).